The number of hydrogen-bond donors (Lipinski definition) is 0. The van der Waals surface area contributed by atoms with E-state index >= 15 is 0 Å². The van der Waals surface area contributed by atoms with E-state index in [1.165, 1.54) is 89.9 Å². The Labute approximate surface area is 180 Å². The molecule has 2 unspecified atom stereocenters. The fourth-order valence-corrected chi connectivity index (χ4v) is 6.76. The van der Waals surface area contributed by atoms with Crippen LogP contribution in [0.1, 0.15) is 104 Å². The van der Waals surface area contributed by atoms with Crippen LogP contribution in [0.15, 0.2) is 23.3 Å². The Morgan fingerprint density at radius 3 is 1.34 bits per heavy atom. The zero-order valence-corrected chi connectivity index (χ0v) is 19.3. The molecule has 0 amide bonds. The summed E-state index contributed by atoms with van der Waals surface area (Å²) < 4.78 is 6.17. The van der Waals surface area contributed by atoms with Gasteiger partial charge in [-0.1, -0.05) is 51.7 Å². The third-order valence-corrected chi connectivity index (χ3v) is 9.12. The first kappa shape index (κ1) is 21.7. The van der Waals surface area contributed by atoms with Crippen LogP contribution in [0.5, 0.6) is 0 Å². The van der Waals surface area contributed by atoms with E-state index in [0.717, 1.165) is 48.7 Å². The van der Waals surface area contributed by atoms with Crippen molar-refractivity contribution in [3.05, 3.63) is 23.3 Å². The van der Waals surface area contributed by atoms with Gasteiger partial charge in [0.2, 0.25) is 0 Å². The Morgan fingerprint density at radius 1 is 0.586 bits per heavy atom. The minimum Gasteiger partial charge on any atom is -0.373 e. The summed E-state index contributed by atoms with van der Waals surface area (Å²) in [5.41, 5.74) is 3.16. The molecule has 0 heterocycles. The molecule has 2 atom stereocenters. The summed E-state index contributed by atoms with van der Waals surface area (Å²) in [6.07, 6.45) is 25.0. The average Bonchev–Trinajstić information content (AvgIpc) is 2.76. The fraction of sp³-hybridized carbons (Fsp3) is 0.857. The molecule has 0 spiro atoms. The third kappa shape index (κ3) is 6.22. The Bertz CT molecular complexity index is 507. The van der Waals surface area contributed by atoms with E-state index in [1.807, 2.05) is 0 Å². The first-order chi connectivity index (χ1) is 14.2. The smallest absolute Gasteiger partial charge is 0.0681 e. The molecule has 0 aliphatic heterocycles. The lowest BCUT2D eigenvalue weighted by atomic mass is 9.72. The summed E-state index contributed by atoms with van der Waals surface area (Å²) in [6, 6.07) is 0. The van der Waals surface area contributed by atoms with E-state index in [-0.39, 0.29) is 0 Å². The van der Waals surface area contributed by atoms with E-state index in [2.05, 4.69) is 26.0 Å². The summed E-state index contributed by atoms with van der Waals surface area (Å²) in [5, 5.41) is 0. The highest BCUT2D eigenvalue weighted by Gasteiger charge is 2.28. The Morgan fingerprint density at radius 2 is 1.00 bits per heavy atom. The van der Waals surface area contributed by atoms with Crippen LogP contribution in [0.4, 0.5) is 0 Å². The van der Waals surface area contributed by atoms with Crippen molar-refractivity contribution in [1.29, 1.82) is 0 Å². The molecule has 0 bridgehead atoms. The van der Waals surface area contributed by atoms with Crippen LogP contribution in [0.25, 0.3) is 0 Å². The molecule has 0 aromatic carbocycles. The van der Waals surface area contributed by atoms with E-state index < -0.39 is 0 Å². The predicted molar refractivity (Wildman–Crippen MR) is 124 cm³/mol. The largest absolute Gasteiger partial charge is 0.373 e. The maximum atomic E-state index is 6.17. The summed E-state index contributed by atoms with van der Waals surface area (Å²) >= 11 is 0. The molecule has 1 heteroatoms. The van der Waals surface area contributed by atoms with Crippen molar-refractivity contribution in [2.24, 2.45) is 35.5 Å². The minimum atomic E-state index is 0.885. The van der Waals surface area contributed by atoms with Crippen molar-refractivity contribution in [2.75, 3.05) is 13.2 Å². The van der Waals surface area contributed by atoms with E-state index in [1.54, 1.807) is 11.1 Å². The Hall–Kier alpha value is -0.560. The second-order valence-electron chi connectivity index (χ2n) is 11.3. The van der Waals surface area contributed by atoms with Crippen LogP contribution in [-0.2, 0) is 4.74 Å². The fourth-order valence-electron chi connectivity index (χ4n) is 6.76. The average molecular weight is 399 g/mol. The third-order valence-electron chi connectivity index (χ3n) is 9.12. The van der Waals surface area contributed by atoms with E-state index in [0.29, 0.717) is 0 Å². The summed E-state index contributed by atoms with van der Waals surface area (Å²) in [7, 11) is 0. The van der Waals surface area contributed by atoms with E-state index in [9.17, 15) is 0 Å². The predicted octanol–water partition coefficient (Wildman–Crippen LogP) is 8.11. The highest BCUT2D eigenvalue weighted by atomic mass is 16.5. The highest BCUT2D eigenvalue weighted by Crippen LogP contribution is 2.40. The van der Waals surface area contributed by atoms with Gasteiger partial charge in [0.1, 0.15) is 0 Å². The number of hydrogen-bond acceptors (Lipinski definition) is 1. The van der Waals surface area contributed by atoms with Gasteiger partial charge in [-0.2, -0.15) is 0 Å². The molecule has 0 N–H and O–H groups in total. The van der Waals surface area contributed by atoms with Gasteiger partial charge in [0.15, 0.2) is 0 Å². The lowest BCUT2D eigenvalue weighted by molar-refractivity contribution is 0.157. The van der Waals surface area contributed by atoms with Crippen molar-refractivity contribution in [2.45, 2.75) is 104 Å². The molecule has 4 aliphatic carbocycles. The summed E-state index contributed by atoms with van der Waals surface area (Å²) in [6.45, 7) is 6.64. The molecule has 0 aromatic heterocycles. The van der Waals surface area contributed by atoms with Crippen molar-refractivity contribution in [3.8, 4) is 0 Å². The van der Waals surface area contributed by atoms with Gasteiger partial charge in [-0.25, -0.2) is 0 Å². The second-order valence-corrected chi connectivity index (χ2v) is 11.3. The van der Waals surface area contributed by atoms with Gasteiger partial charge in [-0.3, -0.25) is 0 Å². The first-order valence-corrected chi connectivity index (χ1v) is 13.1. The highest BCUT2D eigenvalue weighted by molar-refractivity contribution is 5.10. The number of ether oxygens (including phenoxy) is 1. The molecular formula is C28H46O. The lowest BCUT2D eigenvalue weighted by Gasteiger charge is -2.35. The van der Waals surface area contributed by atoms with E-state index in [4.69, 9.17) is 4.74 Å². The molecule has 2 fully saturated rings. The molecule has 0 radical (unpaired) electrons. The quantitative estimate of drug-likeness (QED) is 0.410. The van der Waals surface area contributed by atoms with Crippen LogP contribution in [-0.4, -0.2) is 13.2 Å². The van der Waals surface area contributed by atoms with Gasteiger partial charge >= 0.3 is 0 Å². The maximum absolute atomic E-state index is 6.17. The first-order valence-electron chi connectivity index (χ1n) is 13.1. The molecule has 1 nitrogen and oxygen atoms in total. The van der Waals surface area contributed by atoms with Crippen molar-refractivity contribution >= 4 is 0 Å². The van der Waals surface area contributed by atoms with Crippen LogP contribution < -0.4 is 0 Å². The van der Waals surface area contributed by atoms with Gasteiger partial charge in [-0.05, 0) is 111 Å². The zero-order chi connectivity index (χ0) is 20.1. The van der Waals surface area contributed by atoms with Gasteiger partial charge in [-0.15, -0.1) is 0 Å². The standard InChI is InChI=1S/C28H46O/c1-21-3-11-25(12-4-21)27-15-7-23(8-16-27)19-29-20-24-9-17-28(18-10-24)26-13-5-22(2)6-14-26/h7,9,21-22,25-28H,3-6,8,10-20H2,1-2H3. The van der Waals surface area contributed by atoms with Crippen LogP contribution in [0.2, 0.25) is 0 Å². The maximum Gasteiger partial charge on any atom is 0.0681 e. The second kappa shape index (κ2) is 10.7. The summed E-state index contributed by atoms with van der Waals surface area (Å²) in [4.78, 5) is 0. The Balaban J connectivity index is 1.13. The SMILES string of the molecule is CC1CCC(C2CC=C(COCC3=CCC(C4CCC(C)CC4)CC3)CC2)CC1. The zero-order valence-electron chi connectivity index (χ0n) is 19.3. The molecule has 0 aromatic rings. The van der Waals surface area contributed by atoms with Crippen molar-refractivity contribution in [3.63, 3.8) is 0 Å². The van der Waals surface area contributed by atoms with Gasteiger partial charge in [0.05, 0.1) is 13.2 Å². The molecule has 4 rings (SSSR count). The van der Waals surface area contributed by atoms with Gasteiger partial charge in [0.25, 0.3) is 0 Å². The van der Waals surface area contributed by atoms with Crippen molar-refractivity contribution < 1.29 is 4.74 Å². The van der Waals surface area contributed by atoms with Crippen LogP contribution >= 0.6 is 0 Å². The number of rotatable bonds is 6. The molecule has 2 saturated carbocycles. The van der Waals surface area contributed by atoms with Crippen LogP contribution in [0, 0.1) is 35.5 Å². The lowest BCUT2D eigenvalue weighted by Crippen LogP contribution is -2.23. The topological polar surface area (TPSA) is 9.23 Å². The molecule has 29 heavy (non-hydrogen) atoms. The van der Waals surface area contributed by atoms with Crippen molar-refractivity contribution in [1.82, 2.24) is 0 Å². The number of allylic oxidation sites excluding steroid dienone is 2. The Kier molecular flexibility index (Phi) is 7.96. The molecule has 4 aliphatic rings. The van der Waals surface area contributed by atoms with Gasteiger partial charge < -0.3 is 4.74 Å². The molecule has 0 saturated heterocycles. The monoisotopic (exact) mass is 398 g/mol. The summed E-state index contributed by atoms with van der Waals surface area (Å²) in [5.74, 6) is 5.91. The minimum absolute atomic E-state index is 0.885. The molecular weight excluding hydrogens is 352 g/mol. The molecule has 164 valence electrons. The van der Waals surface area contributed by atoms with Gasteiger partial charge in [0, 0.05) is 0 Å². The van der Waals surface area contributed by atoms with Crippen LogP contribution in [0.3, 0.4) is 0 Å². The normalized spacial score (nSPS) is 39.0.